The average molecular weight is 191 g/mol. The van der Waals surface area contributed by atoms with E-state index in [1.165, 1.54) is 0 Å². The van der Waals surface area contributed by atoms with Crippen LogP contribution in [0.2, 0.25) is 0 Å². The van der Waals surface area contributed by atoms with E-state index in [0.717, 1.165) is 16.2 Å². The van der Waals surface area contributed by atoms with Gasteiger partial charge in [-0.3, -0.25) is 4.57 Å². The predicted octanol–water partition coefficient (Wildman–Crippen LogP) is 2.84. The molecule has 3 heteroatoms. The molecule has 0 aromatic carbocycles. The Labute approximate surface area is 57.8 Å². The molecule has 0 fully saturated rings. The van der Waals surface area contributed by atoms with Gasteiger partial charge in [0, 0.05) is 9.80 Å². The van der Waals surface area contributed by atoms with Crippen molar-refractivity contribution in [1.29, 1.82) is 0 Å². The summed E-state index contributed by atoms with van der Waals surface area (Å²) in [4.78, 5) is 0. The molecule has 0 aliphatic heterocycles. The SMILES string of the molecule is O=PC1=CC(Br)=CC1. The molecule has 0 radical (unpaired) electrons. The Morgan fingerprint density at radius 1 is 1.75 bits per heavy atom. The standard InChI is InChI=1S/C5H4BrOP/c6-4-1-2-5(3-4)8-7/h1,3H,2H2. The molecule has 1 aliphatic rings. The first-order valence-corrected chi connectivity index (χ1v) is 3.83. The zero-order valence-corrected chi connectivity index (χ0v) is 6.58. The summed E-state index contributed by atoms with van der Waals surface area (Å²) in [6, 6.07) is 0. The number of hydrogen-bond donors (Lipinski definition) is 0. The third-order valence-electron chi connectivity index (χ3n) is 0.928. The zero-order valence-electron chi connectivity index (χ0n) is 4.10. The summed E-state index contributed by atoms with van der Waals surface area (Å²) < 4.78 is 11.2. The first-order chi connectivity index (χ1) is 3.83. The highest BCUT2D eigenvalue weighted by Gasteiger charge is 2.01. The highest BCUT2D eigenvalue weighted by molar-refractivity contribution is 9.11. The van der Waals surface area contributed by atoms with Crippen molar-refractivity contribution in [3.63, 3.8) is 0 Å². The fourth-order valence-electron chi connectivity index (χ4n) is 0.543. The largest absolute Gasteiger partial charge is 0.270 e. The third kappa shape index (κ3) is 1.27. The van der Waals surface area contributed by atoms with Gasteiger partial charge in [-0.2, -0.15) is 0 Å². The van der Waals surface area contributed by atoms with Crippen LogP contribution in [0.15, 0.2) is 21.9 Å². The Bertz CT molecular complexity index is 171. The molecule has 0 amide bonds. The lowest BCUT2D eigenvalue weighted by Crippen LogP contribution is -1.54. The highest BCUT2D eigenvalue weighted by Crippen LogP contribution is 2.28. The summed E-state index contributed by atoms with van der Waals surface area (Å²) in [7, 11) is 0.146. The van der Waals surface area contributed by atoms with Gasteiger partial charge in [-0.1, -0.05) is 22.0 Å². The number of halogens is 1. The maximum absolute atomic E-state index is 10.1. The van der Waals surface area contributed by atoms with Crippen molar-refractivity contribution in [2.45, 2.75) is 6.42 Å². The van der Waals surface area contributed by atoms with Crippen molar-refractivity contribution in [1.82, 2.24) is 0 Å². The number of rotatable bonds is 1. The van der Waals surface area contributed by atoms with Gasteiger partial charge in [0.25, 0.3) is 0 Å². The Kier molecular flexibility index (Phi) is 1.98. The van der Waals surface area contributed by atoms with Crippen molar-refractivity contribution in [3.8, 4) is 0 Å². The van der Waals surface area contributed by atoms with Gasteiger partial charge in [0.1, 0.15) is 0 Å². The fourth-order valence-corrected chi connectivity index (χ4v) is 1.52. The van der Waals surface area contributed by atoms with Crippen molar-refractivity contribution >= 4 is 24.4 Å². The molecule has 1 rings (SSSR count). The van der Waals surface area contributed by atoms with Gasteiger partial charge in [-0.05, 0) is 12.5 Å². The molecule has 0 saturated heterocycles. The summed E-state index contributed by atoms with van der Waals surface area (Å²) in [5, 5.41) is 0.942. The summed E-state index contributed by atoms with van der Waals surface area (Å²) >= 11 is 3.26. The molecule has 0 saturated carbocycles. The third-order valence-corrected chi connectivity index (χ3v) is 2.03. The van der Waals surface area contributed by atoms with Crippen LogP contribution in [-0.2, 0) is 4.57 Å². The normalized spacial score (nSPS) is 18.6. The van der Waals surface area contributed by atoms with Crippen molar-refractivity contribution in [3.05, 3.63) is 21.9 Å². The zero-order chi connectivity index (χ0) is 5.98. The molecule has 0 aromatic rings. The Morgan fingerprint density at radius 3 is 2.75 bits per heavy atom. The van der Waals surface area contributed by atoms with E-state index in [0.29, 0.717) is 0 Å². The van der Waals surface area contributed by atoms with E-state index in [-0.39, 0.29) is 8.46 Å². The van der Waals surface area contributed by atoms with Crippen LogP contribution in [0.5, 0.6) is 0 Å². The Balaban J connectivity index is 2.69. The van der Waals surface area contributed by atoms with Gasteiger partial charge < -0.3 is 0 Å². The van der Waals surface area contributed by atoms with Gasteiger partial charge in [0.05, 0.1) is 0 Å². The summed E-state index contributed by atoms with van der Waals surface area (Å²) in [6.07, 6.45) is 4.68. The second kappa shape index (κ2) is 2.56. The Hall–Kier alpha value is 0.0600. The molecule has 42 valence electrons. The van der Waals surface area contributed by atoms with Gasteiger partial charge in [-0.25, -0.2) is 0 Å². The monoisotopic (exact) mass is 190 g/mol. The molecule has 0 bridgehead atoms. The molecule has 0 aromatic heterocycles. The topological polar surface area (TPSA) is 17.1 Å². The van der Waals surface area contributed by atoms with Gasteiger partial charge >= 0.3 is 0 Å². The van der Waals surface area contributed by atoms with Crippen LogP contribution < -0.4 is 0 Å². The smallest absolute Gasteiger partial charge is 0.188 e. The highest BCUT2D eigenvalue weighted by atomic mass is 79.9. The summed E-state index contributed by atoms with van der Waals surface area (Å²) in [5.74, 6) is 0. The van der Waals surface area contributed by atoms with E-state index in [2.05, 4.69) is 15.9 Å². The molecule has 1 nitrogen and oxygen atoms in total. The van der Waals surface area contributed by atoms with Crippen LogP contribution in [0.4, 0.5) is 0 Å². The number of allylic oxidation sites excluding steroid dienone is 4. The van der Waals surface area contributed by atoms with Gasteiger partial charge in [-0.15, -0.1) is 0 Å². The van der Waals surface area contributed by atoms with E-state index in [4.69, 9.17) is 0 Å². The Morgan fingerprint density at radius 2 is 2.50 bits per heavy atom. The minimum atomic E-state index is 0.146. The molecule has 0 N–H and O–H groups in total. The summed E-state index contributed by atoms with van der Waals surface area (Å²) in [6.45, 7) is 0. The van der Waals surface area contributed by atoms with E-state index in [1.807, 2.05) is 12.2 Å². The quantitative estimate of drug-likeness (QED) is 0.582. The van der Waals surface area contributed by atoms with E-state index < -0.39 is 0 Å². The number of hydrogen-bond acceptors (Lipinski definition) is 1. The second-order valence-corrected chi connectivity index (χ2v) is 3.19. The molecular formula is C5H4BrOP. The minimum Gasteiger partial charge on any atom is -0.270 e. The molecule has 8 heavy (non-hydrogen) atoms. The van der Waals surface area contributed by atoms with Crippen molar-refractivity contribution in [2.75, 3.05) is 0 Å². The van der Waals surface area contributed by atoms with Crippen molar-refractivity contribution in [2.24, 2.45) is 0 Å². The minimum absolute atomic E-state index is 0.146. The van der Waals surface area contributed by atoms with E-state index >= 15 is 0 Å². The molecule has 0 spiro atoms. The fraction of sp³-hybridized carbons (Fsp3) is 0.200. The lowest BCUT2D eigenvalue weighted by atomic mass is 10.5. The maximum atomic E-state index is 10.1. The lowest BCUT2D eigenvalue weighted by Gasteiger charge is -1.76. The van der Waals surface area contributed by atoms with Crippen LogP contribution in [0.25, 0.3) is 0 Å². The second-order valence-electron chi connectivity index (χ2n) is 1.52. The van der Waals surface area contributed by atoms with Crippen LogP contribution >= 0.6 is 24.4 Å². The van der Waals surface area contributed by atoms with Crippen molar-refractivity contribution < 1.29 is 4.57 Å². The molecular weight excluding hydrogens is 187 g/mol. The molecule has 1 aliphatic carbocycles. The van der Waals surface area contributed by atoms with Crippen LogP contribution in [0.1, 0.15) is 6.42 Å². The molecule has 0 unspecified atom stereocenters. The molecule has 0 heterocycles. The van der Waals surface area contributed by atoms with Gasteiger partial charge in [0.2, 0.25) is 0 Å². The first kappa shape index (κ1) is 6.18. The van der Waals surface area contributed by atoms with Crippen LogP contribution in [-0.4, -0.2) is 0 Å². The van der Waals surface area contributed by atoms with Crippen LogP contribution in [0.3, 0.4) is 0 Å². The molecule has 0 atom stereocenters. The van der Waals surface area contributed by atoms with Crippen LogP contribution in [0, 0.1) is 0 Å². The predicted molar refractivity (Wildman–Crippen MR) is 37.3 cm³/mol. The maximum Gasteiger partial charge on any atom is 0.188 e. The average Bonchev–Trinajstić information content (AvgIpc) is 2.14. The lowest BCUT2D eigenvalue weighted by molar-refractivity contribution is 0.601. The van der Waals surface area contributed by atoms with Gasteiger partial charge in [0.15, 0.2) is 8.46 Å². The van der Waals surface area contributed by atoms with E-state index in [9.17, 15) is 4.57 Å². The van der Waals surface area contributed by atoms with E-state index in [1.54, 1.807) is 0 Å². The summed E-state index contributed by atoms with van der Waals surface area (Å²) in [5.41, 5.74) is 0. The first-order valence-electron chi connectivity index (χ1n) is 2.22.